The Morgan fingerprint density at radius 1 is 1.42 bits per heavy atom. The molecule has 2 N–H and O–H groups in total. The SMILES string of the molecule is COc1ccccc1CN(C)C(=O)N[C@H](C)C(=O)O. The highest BCUT2D eigenvalue weighted by atomic mass is 16.5. The van der Waals surface area contributed by atoms with Crippen molar-refractivity contribution in [2.45, 2.75) is 19.5 Å². The molecule has 1 atom stereocenters. The lowest BCUT2D eigenvalue weighted by Crippen LogP contribution is -2.44. The van der Waals surface area contributed by atoms with Gasteiger partial charge in [0.1, 0.15) is 11.8 Å². The van der Waals surface area contributed by atoms with Gasteiger partial charge in [-0.3, -0.25) is 4.79 Å². The van der Waals surface area contributed by atoms with Gasteiger partial charge in [-0.25, -0.2) is 4.79 Å². The van der Waals surface area contributed by atoms with E-state index in [1.807, 2.05) is 18.2 Å². The topological polar surface area (TPSA) is 78.9 Å². The average molecular weight is 266 g/mol. The lowest BCUT2D eigenvalue weighted by Gasteiger charge is -2.20. The number of ether oxygens (including phenoxy) is 1. The Labute approximate surface area is 112 Å². The van der Waals surface area contributed by atoms with Crippen LogP contribution in [0.4, 0.5) is 4.79 Å². The standard InChI is InChI=1S/C13H18N2O4/c1-9(12(16)17)14-13(18)15(2)8-10-6-4-5-7-11(10)19-3/h4-7,9H,8H2,1-3H3,(H,14,18)(H,16,17)/t9-/m1/s1. The van der Waals surface area contributed by atoms with Crippen LogP contribution in [-0.2, 0) is 11.3 Å². The molecule has 6 heteroatoms. The Morgan fingerprint density at radius 3 is 2.63 bits per heavy atom. The van der Waals surface area contributed by atoms with Crippen molar-refractivity contribution in [1.29, 1.82) is 0 Å². The van der Waals surface area contributed by atoms with Crippen molar-refractivity contribution in [3.05, 3.63) is 29.8 Å². The van der Waals surface area contributed by atoms with Crippen molar-refractivity contribution in [3.8, 4) is 5.75 Å². The molecular weight excluding hydrogens is 248 g/mol. The van der Waals surface area contributed by atoms with E-state index in [0.29, 0.717) is 12.3 Å². The fourth-order valence-corrected chi connectivity index (χ4v) is 1.52. The predicted octanol–water partition coefficient (Wildman–Crippen LogP) is 1.31. The minimum atomic E-state index is -1.07. The number of carboxylic acid groups (broad SMARTS) is 1. The van der Waals surface area contributed by atoms with Gasteiger partial charge >= 0.3 is 12.0 Å². The smallest absolute Gasteiger partial charge is 0.325 e. The van der Waals surface area contributed by atoms with Gasteiger partial charge in [-0.15, -0.1) is 0 Å². The van der Waals surface area contributed by atoms with Gasteiger partial charge in [0.05, 0.1) is 13.7 Å². The highest BCUT2D eigenvalue weighted by molar-refractivity contribution is 5.82. The van der Waals surface area contributed by atoms with Gasteiger partial charge < -0.3 is 20.1 Å². The molecule has 2 amide bonds. The third kappa shape index (κ3) is 4.17. The van der Waals surface area contributed by atoms with Crippen molar-refractivity contribution in [3.63, 3.8) is 0 Å². The minimum absolute atomic E-state index is 0.336. The molecule has 0 aromatic heterocycles. The van der Waals surface area contributed by atoms with Crippen LogP contribution in [0.15, 0.2) is 24.3 Å². The van der Waals surface area contributed by atoms with E-state index in [1.54, 1.807) is 20.2 Å². The molecule has 0 unspecified atom stereocenters. The summed E-state index contributed by atoms with van der Waals surface area (Å²) >= 11 is 0. The number of amides is 2. The summed E-state index contributed by atoms with van der Waals surface area (Å²) in [5.74, 6) is -0.382. The van der Waals surface area contributed by atoms with Gasteiger partial charge in [0.2, 0.25) is 0 Å². The number of rotatable bonds is 5. The van der Waals surface area contributed by atoms with Gasteiger partial charge in [0.15, 0.2) is 0 Å². The summed E-state index contributed by atoms with van der Waals surface area (Å²) < 4.78 is 5.19. The molecule has 0 bridgehead atoms. The number of hydrogen-bond acceptors (Lipinski definition) is 3. The Hall–Kier alpha value is -2.24. The molecule has 0 saturated heterocycles. The van der Waals surface area contributed by atoms with Crippen molar-refractivity contribution < 1.29 is 19.4 Å². The maximum absolute atomic E-state index is 11.8. The van der Waals surface area contributed by atoms with Crippen molar-refractivity contribution >= 4 is 12.0 Å². The largest absolute Gasteiger partial charge is 0.496 e. The number of carboxylic acids is 1. The molecular formula is C13H18N2O4. The highest BCUT2D eigenvalue weighted by Crippen LogP contribution is 2.18. The lowest BCUT2D eigenvalue weighted by atomic mass is 10.2. The molecule has 6 nitrogen and oxygen atoms in total. The second-order valence-electron chi connectivity index (χ2n) is 4.18. The van der Waals surface area contributed by atoms with Crippen molar-refractivity contribution in [2.24, 2.45) is 0 Å². The average Bonchev–Trinajstić information content (AvgIpc) is 2.38. The Bertz CT molecular complexity index is 462. The van der Waals surface area contributed by atoms with Crippen LogP contribution < -0.4 is 10.1 Å². The summed E-state index contributed by atoms with van der Waals surface area (Å²) in [5, 5.41) is 11.1. The Morgan fingerprint density at radius 2 is 2.05 bits per heavy atom. The summed E-state index contributed by atoms with van der Waals surface area (Å²) in [6, 6.07) is 5.98. The fraction of sp³-hybridized carbons (Fsp3) is 0.385. The van der Waals surface area contributed by atoms with E-state index in [-0.39, 0.29) is 0 Å². The first kappa shape index (κ1) is 14.8. The molecule has 1 aromatic carbocycles. The molecule has 0 aliphatic heterocycles. The van der Waals surface area contributed by atoms with E-state index in [2.05, 4.69) is 5.32 Å². The number of urea groups is 1. The van der Waals surface area contributed by atoms with E-state index in [4.69, 9.17) is 9.84 Å². The number of para-hydroxylation sites is 1. The summed E-state index contributed by atoms with van der Waals surface area (Å²) in [5.41, 5.74) is 0.852. The molecule has 0 fully saturated rings. The monoisotopic (exact) mass is 266 g/mol. The molecule has 0 saturated carbocycles. The lowest BCUT2D eigenvalue weighted by molar-refractivity contribution is -0.138. The van der Waals surface area contributed by atoms with Gasteiger partial charge in [-0.2, -0.15) is 0 Å². The molecule has 1 rings (SSSR count). The van der Waals surface area contributed by atoms with Gasteiger partial charge in [-0.05, 0) is 13.0 Å². The summed E-state index contributed by atoms with van der Waals surface area (Å²) in [6.07, 6.45) is 0. The van der Waals surface area contributed by atoms with Crippen LogP contribution in [0.5, 0.6) is 5.75 Å². The number of nitrogens with zero attached hydrogens (tertiary/aromatic N) is 1. The predicted molar refractivity (Wildman–Crippen MR) is 70.1 cm³/mol. The van der Waals surface area contributed by atoms with Crippen LogP contribution in [-0.4, -0.2) is 42.2 Å². The first-order valence-corrected chi connectivity index (χ1v) is 5.82. The second-order valence-corrected chi connectivity index (χ2v) is 4.18. The van der Waals surface area contributed by atoms with Gasteiger partial charge in [0.25, 0.3) is 0 Å². The zero-order chi connectivity index (χ0) is 14.4. The quantitative estimate of drug-likeness (QED) is 0.842. The molecule has 0 spiro atoms. The minimum Gasteiger partial charge on any atom is -0.496 e. The molecule has 0 radical (unpaired) electrons. The number of nitrogens with one attached hydrogen (secondary N) is 1. The third-order valence-corrected chi connectivity index (χ3v) is 2.66. The molecule has 0 heterocycles. The summed E-state index contributed by atoms with van der Waals surface area (Å²) in [6.45, 7) is 1.75. The molecule has 19 heavy (non-hydrogen) atoms. The Kier molecular flexibility index (Phi) is 5.17. The maximum atomic E-state index is 11.8. The zero-order valence-corrected chi connectivity index (χ0v) is 11.2. The van der Waals surface area contributed by atoms with Crippen molar-refractivity contribution in [2.75, 3.05) is 14.2 Å². The maximum Gasteiger partial charge on any atom is 0.325 e. The molecule has 0 aliphatic rings. The number of carbonyl (C=O) groups is 2. The number of methoxy groups -OCH3 is 1. The normalized spacial score (nSPS) is 11.5. The number of hydrogen-bond donors (Lipinski definition) is 2. The van der Waals surface area contributed by atoms with Gasteiger partial charge in [0, 0.05) is 12.6 Å². The third-order valence-electron chi connectivity index (χ3n) is 2.66. The van der Waals surface area contributed by atoms with Crippen molar-refractivity contribution in [1.82, 2.24) is 10.2 Å². The number of benzene rings is 1. The highest BCUT2D eigenvalue weighted by Gasteiger charge is 2.17. The number of carbonyl (C=O) groups excluding carboxylic acids is 1. The van der Waals surface area contributed by atoms with E-state index in [9.17, 15) is 9.59 Å². The van der Waals surface area contributed by atoms with Crippen LogP contribution in [0.25, 0.3) is 0 Å². The van der Waals surface area contributed by atoms with E-state index >= 15 is 0 Å². The van der Waals surface area contributed by atoms with Crippen LogP contribution >= 0.6 is 0 Å². The van der Waals surface area contributed by atoms with Crippen LogP contribution in [0.2, 0.25) is 0 Å². The van der Waals surface area contributed by atoms with Crippen LogP contribution in [0.3, 0.4) is 0 Å². The molecule has 0 aliphatic carbocycles. The molecule has 104 valence electrons. The van der Waals surface area contributed by atoms with Crippen LogP contribution in [0, 0.1) is 0 Å². The first-order valence-electron chi connectivity index (χ1n) is 5.82. The Balaban J connectivity index is 2.66. The number of aliphatic carboxylic acids is 1. The summed E-state index contributed by atoms with van der Waals surface area (Å²) in [7, 11) is 3.15. The second kappa shape index (κ2) is 6.63. The summed E-state index contributed by atoms with van der Waals surface area (Å²) in [4.78, 5) is 23.8. The fourth-order valence-electron chi connectivity index (χ4n) is 1.52. The van der Waals surface area contributed by atoms with E-state index in [1.165, 1.54) is 11.8 Å². The van der Waals surface area contributed by atoms with E-state index in [0.717, 1.165) is 5.56 Å². The van der Waals surface area contributed by atoms with E-state index < -0.39 is 18.0 Å². The van der Waals surface area contributed by atoms with Crippen LogP contribution in [0.1, 0.15) is 12.5 Å². The zero-order valence-electron chi connectivity index (χ0n) is 11.2. The first-order chi connectivity index (χ1) is 8.95. The molecule has 1 aromatic rings. The van der Waals surface area contributed by atoms with Gasteiger partial charge in [-0.1, -0.05) is 18.2 Å².